The predicted octanol–water partition coefficient (Wildman–Crippen LogP) is 1.93. The Morgan fingerprint density at radius 2 is 1.15 bits per heavy atom. The lowest BCUT2D eigenvalue weighted by Gasteiger charge is -2.20. The van der Waals surface area contributed by atoms with Crippen LogP contribution >= 0.6 is 0 Å². The fraction of sp³-hybridized carbons (Fsp3) is 0.133. The van der Waals surface area contributed by atoms with E-state index >= 15 is 0 Å². The molecule has 2 amide bonds. The van der Waals surface area contributed by atoms with E-state index < -0.39 is 6.03 Å². The van der Waals surface area contributed by atoms with Crippen molar-refractivity contribution in [3.05, 3.63) is 59.7 Å². The second-order valence-corrected chi connectivity index (χ2v) is 4.68. The molecule has 6 N–H and O–H groups in total. The molecule has 0 atom stereocenters. The maximum Gasteiger partial charge on any atom is 0.315 e. The van der Waals surface area contributed by atoms with Crippen molar-refractivity contribution >= 4 is 17.4 Å². The third-order valence-corrected chi connectivity index (χ3v) is 3.02. The Morgan fingerprint density at radius 3 is 1.45 bits per heavy atom. The molecule has 5 nitrogen and oxygen atoms in total. The van der Waals surface area contributed by atoms with Crippen molar-refractivity contribution in [1.82, 2.24) is 4.90 Å². The summed E-state index contributed by atoms with van der Waals surface area (Å²) in [7, 11) is 0. The first-order chi connectivity index (χ1) is 9.54. The van der Waals surface area contributed by atoms with E-state index in [2.05, 4.69) is 0 Å². The van der Waals surface area contributed by atoms with Crippen LogP contribution in [0.1, 0.15) is 11.1 Å². The highest BCUT2D eigenvalue weighted by Gasteiger charge is 2.11. The van der Waals surface area contributed by atoms with E-state index in [9.17, 15) is 4.79 Å². The summed E-state index contributed by atoms with van der Waals surface area (Å²) in [6, 6.07) is 14.3. The van der Waals surface area contributed by atoms with Gasteiger partial charge >= 0.3 is 6.03 Å². The second-order valence-electron chi connectivity index (χ2n) is 4.68. The lowest BCUT2D eigenvalue weighted by Crippen LogP contribution is -2.34. The van der Waals surface area contributed by atoms with E-state index in [-0.39, 0.29) is 0 Å². The molecule has 0 saturated carbocycles. The molecule has 20 heavy (non-hydrogen) atoms. The molecule has 0 heterocycles. The number of nitrogen functional groups attached to an aromatic ring is 2. The van der Waals surface area contributed by atoms with E-state index in [1.807, 2.05) is 24.3 Å². The van der Waals surface area contributed by atoms with E-state index in [1.165, 1.54) is 0 Å². The Labute approximate surface area is 118 Å². The number of anilines is 2. The fourth-order valence-corrected chi connectivity index (χ4v) is 1.90. The minimum absolute atomic E-state index is 0.444. The number of carbonyl (C=O) groups is 1. The van der Waals surface area contributed by atoms with Crippen LogP contribution in [0.15, 0.2) is 48.5 Å². The van der Waals surface area contributed by atoms with Crippen LogP contribution in [0.2, 0.25) is 0 Å². The molecule has 0 aliphatic carbocycles. The standard InChI is InChI=1S/C15H18N4O/c16-13-5-1-11(2-6-13)9-19(15(18)20)10-12-3-7-14(17)8-4-12/h1-8H,9-10,16-17H2,(H2,18,20). The molecule has 0 fully saturated rings. The van der Waals surface area contributed by atoms with E-state index in [0.717, 1.165) is 11.1 Å². The molecule has 0 unspecified atom stereocenters. The molecule has 0 radical (unpaired) electrons. The van der Waals surface area contributed by atoms with Gasteiger partial charge in [0.15, 0.2) is 0 Å². The molecule has 0 bridgehead atoms. The van der Waals surface area contributed by atoms with Gasteiger partial charge in [-0.05, 0) is 35.4 Å². The number of benzene rings is 2. The van der Waals surface area contributed by atoms with Gasteiger partial charge in [0.05, 0.1) is 0 Å². The van der Waals surface area contributed by atoms with Crippen molar-refractivity contribution in [2.45, 2.75) is 13.1 Å². The molecular formula is C15H18N4O. The van der Waals surface area contributed by atoms with Crippen LogP contribution in [0.3, 0.4) is 0 Å². The normalized spacial score (nSPS) is 10.2. The molecule has 0 aromatic heterocycles. The van der Waals surface area contributed by atoms with Crippen LogP contribution < -0.4 is 17.2 Å². The minimum atomic E-state index is -0.460. The van der Waals surface area contributed by atoms with Gasteiger partial charge in [-0.25, -0.2) is 4.79 Å². The number of nitrogens with zero attached hydrogens (tertiary/aromatic N) is 1. The van der Waals surface area contributed by atoms with Crippen LogP contribution in [0.4, 0.5) is 16.2 Å². The minimum Gasteiger partial charge on any atom is -0.399 e. The Kier molecular flexibility index (Phi) is 4.10. The van der Waals surface area contributed by atoms with Crippen molar-refractivity contribution in [2.24, 2.45) is 5.73 Å². The fourth-order valence-electron chi connectivity index (χ4n) is 1.90. The summed E-state index contributed by atoms with van der Waals surface area (Å²) < 4.78 is 0. The molecule has 0 aliphatic heterocycles. The van der Waals surface area contributed by atoms with Crippen molar-refractivity contribution in [3.63, 3.8) is 0 Å². The number of nitrogens with two attached hydrogens (primary N) is 3. The summed E-state index contributed by atoms with van der Waals surface area (Å²) >= 11 is 0. The summed E-state index contributed by atoms with van der Waals surface area (Å²) in [6.07, 6.45) is 0. The summed E-state index contributed by atoms with van der Waals surface area (Å²) in [5.41, 5.74) is 20.1. The summed E-state index contributed by atoms with van der Waals surface area (Å²) in [6.45, 7) is 0.889. The lowest BCUT2D eigenvalue weighted by atomic mass is 10.1. The van der Waals surface area contributed by atoms with Gasteiger partial charge < -0.3 is 22.1 Å². The van der Waals surface area contributed by atoms with E-state index in [4.69, 9.17) is 17.2 Å². The average molecular weight is 270 g/mol. The molecule has 2 aromatic carbocycles. The molecule has 0 aliphatic rings. The van der Waals surface area contributed by atoms with Gasteiger partial charge in [0.2, 0.25) is 0 Å². The molecule has 0 spiro atoms. The Morgan fingerprint density at radius 1 is 0.800 bits per heavy atom. The molecular weight excluding hydrogens is 252 g/mol. The van der Waals surface area contributed by atoms with Crippen LogP contribution in [0, 0.1) is 0 Å². The van der Waals surface area contributed by atoms with Crippen molar-refractivity contribution < 1.29 is 4.79 Å². The highest BCUT2D eigenvalue weighted by Crippen LogP contribution is 2.13. The summed E-state index contributed by atoms with van der Waals surface area (Å²) in [5.74, 6) is 0. The molecule has 0 saturated heterocycles. The zero-order valence-electron chi connectivity index (χ0n) is 11.1. The third-order valence-electron chi connectivity index (χ3n) is 3.02. The smallest absolute Gasteiger partial charge is 0.315 e. The maximum absolute atomic E-state index is 11.5. The topological polar surface area (TPSA) is 98.4 Å². The van der Waals surface area contributed by atoms with Crippen LogP contribution in [0.25, 0.3) is 0 Å². The zero-order chi connectivity index (χ0) is 14.5. The van der Waals surface area contributed by atoms with Crippen LogP contribution in [0.5, 0.6) is 0 Å². The number of carbonyl (C=O) groups excluding carboxylic acids is 1. The summed E-state index contributed by atoms with van der Waals surface area (Å²) in [5, 5.41) is 0. The van der Waals surface area contributed by atoms with Gasteiger partial charge in [-0.3, -0.25) is 0 Å². The van der Waals surface area contributed by atoms with Crippen molar-refractivity contribution in [3.8, 4) is 0 Å². The van der Waals surface area contributed by atoms with Gasteiger partial charge in [-0.15, -0.1) is 0 Å². The van der Waals surface area contributed by atoms with Crippen LogP contribution in [-0.2, 0) is 13.1 Å². The third kappa shape index (κ3) is 3.65. The number of amides is 2. The highest BCUT2D eigenvalue weighted by atomic mass is 16.2. The van der Waals surface area contributed by atoms with Gasteiger partial charge in [0, 0.05) is 24.5 Å². The number of hydrogen-bond donors (Lipinski definition) is 3. The SMILES string of the molecule is NC(=O)N(Cc1ccc(N)cc1)Cc1ccc(N)cc1. The Balaban J connectivity index is 2.09. The first-order valence-electron chi connectivity index (χ1n) is 6.28. The van der Waals surface area contributed by atoms with Gasteiger partial charge in [-0.1, -0.05) is 24.3 Å². The summed E-state index contributed by atoms with van der Waals surface area (Å²) in [4.78, 5) is 13.1. The van der Waals surface area contributed by atoms with Gasteiger partial charge in [-0.2, -0.15) is 0 Å². The van der Waals surface area contributed by atoms with Gasteiger partial charge in [0.25, 0.3) is 0 Å². The number of hydrogen-bond acceptors (Lipinski definition) is 3. The molecule has 5 heteroatoms. The lowest BCUT2D eigenvalue weighted by molar-refractivity contribution is 0.202. The zero-order valence-corrected chi connectivity index (χ0v) is 11.1. The quantitative estimate of drug-likeness (QED) is 0.740. The highest BCUT2D eigenvalue weighted by molar-refractivity contribution is 5.72. The first-order valence-corrected chi connectivity index (χ1v) is 6.28. The van der Waals surface area contributed by atoms with E-state index in [0.29, 0.717) is 24.5 Å². The Bertz CT molecular complexity index is 530. The number of primary amides is 1. The monoisotopic (exact) mass is 270 g/mol. The maximum atomic E-state index is 11.5. The Hall–Kier alpha value is -2.69. The number of urea groups is 1. The largest absolute Gasteiger partial charge is 0.399 e. The predicted molar refractivity (Wildman–Crippen MR) is 80.5 cm³/mol. The number of rotatable bonds is 4. The molecule has 104 valence electrons. The van der Waals surface area contributed by atoms with Crippen molar-refractivity contribution in [1.29, 1.82) is 0 Å². The van der Waals surface area contributed by atoms with Crippen LogP contribution in [-0.4, -0.2) is 10.9 Å². The van der Waals surface area contributed by atoms with Crippen molar-refractivity contribution in [2.75, 3.05) is 11.5 Å². The first kappa shape index (κ1) is 13.7. The molecule has 2 aromatic rings. The second kappa shape index (κ2) is 5.97. The average Bonchev–Trinajstić information content (AvgIpc) is 2.42. The van der Waals surface area contributed by atoms with E-state index in [1.54, 1.807) is 29.2 Å². The van der Waals surface area contributed by atoms with Gasteiger partial charge in [0.1, 0.15) is 0 Å². The molecule has 2 rings (SSSR count).